The number of alkyl halides is 3. The second kappa shape index (κ2) is 9.43. The Labute approximate surface area is 191 Å². The van der Waals surface area contributed by atoms with E-state index in [-0.39, 0.29) is 24.0 Å². The van der Waals surface area contributed by atoms with Crippen LogP contribution in [0.3, 0.4) is 0 Å². The number of fused-ring (bicyclic) bond motifs is 1. The van der Waals surface area contributed by atoms with Crippen LogP contribution in [0.15, 0.2) is 54.6 Å². The minimum atomic E-state index is -4.73. The van der Waals surface area contributed by atoms with Crippen molar-refractivity contribution in [1.29, 1.82) is 0 Å². The van der Waals surface area contributed by atoms with Crippen molar-refractivity contribution in [3.63, 3.8) is 0 Å². The van der Waals surface area contributed by atoms with Crippen LogP contribution in [0.25, 0.3) is 0 Å². The van der Waals surface area contributed by atoms with E-state index in [1.165, 1.54) is 12.1 Å². The van der Waals surface area contributed by atoms with Gasteiger partial charge in [0, 0.05) is 25.3 Å². The lowest BCUT2D eigenvalue weighted by Gasteiger charge is -2.35. The predicted molar refractivity (Wildman–Crippen MR) is 121 cm³/mol. The van der Waals surface area contributed by atoms with E-state index in [0.29, 0.717) is 13.1 Å². The molecule has 0 aromatic heterocycles. The van der Waals surface area contributed by atoms with Crippen molar-refractivity contribution >= 4 is 28.9 Å². The molecule has 4 rings (SSSR count). The SMILES string of the molecule is CN(C[C@@H]1CCCN1CC(=O)N1c2ccccc2NC(=O)C[C@@H]1C(F)(F)F)c1ccccc1. The topological polar surface area (TPSA) is 55.9 Å². The fourth-order valence-electron chi connectivity index (χ4n) is 4.66. The molecule has 0 radical (unpaired) electrons. The van der Waals surface area contributed by atoms with Crippen LogP contribution in [0.2, 0.25) is 0 Å². The molecule has 1 saturated heterocycles. The summed E-state index contributed by atoms with van der Waals surface area (Å²) in [4.78, 5) is 30.3. The lowest BCUT2D eigenvalue weighted by atomic mass is 10.1. The van der Waals surface area contributed by atoms with E-state index in [4.69, 9.17) is 0 Å². The summed E-state index contributed by atoms with van der Waals surface area (Å²) in [5, 5.41) is 2.50. The highest BCUT2D eigenvalue weighted by Gasteiger charge is 2.49. The van der Waals surface area contributed by atoms with Gasteiger partial charge in [0.1, 0.15) is 6.04 Å². The van der Waals surface area contributed by atoms with Crippen LogP contribution in [-0.4, -0.2) is 61.7 Å². The van der Waals surface area contributed by atoms with Crippen LogP contribution < -0.4 is 15.1 Å². The number of hydrogen-bond acceptors (Lipinski definition) is 4. The Morgan fingerprint density at radius 1 is 1.12 bits per heavy atom. The molecule has 2 heterocycles. The number of halogens is 3. The number of likely N-dealkylation sites (tertiary alicyclic amines) is 1. The molecule has 0 unspecified atom stereocenters. The normalized spacial score (nSPS) is 21.3. The lowest BCUT2D eigenvalue weighted by Crippen LogP contribution is -2.53. The molecule has 2 aliphatic heterocycles. The van der Waals surface area contributed by atoms with Crippen molar-refractivity contribution in [2.75, 3.05) is 41.8 Å². The summed E-state index contributed by atoms with van der Waals surface area (Å²) in [5.41, 5.74) is 1.33. The maximum Gasteiger partial charge on any atom is 0.409 e. The molecule has 2 atom stereocenters. The molecule has 176 valence electrons. The largest absolute Gasteiger partial charge is 0.409 e. The van der Waals surface area contributed by atoms with Gasteiger partial charge in [0.2, 0.25) is 11.8 Å². The van der Waals surface area contributed by atoms with Gasteiger partial charge in [0.05, 0.1) is 24.3 Å². The molecular weight excluding hydrogens is 433 g/mol. The third-order valence-corrected chi connectivity index (χ3v) is 6.29. The Morgan fingerprint density at radius 3 is 2.55 bits per heavy atom. The van der Waals surface area contributed by atoms with E-state index >= 15 is 0 Å². The lowest BCUT2D eigenvalue weighted by molar-refractivity contribution is -0.158. The molecule has 0 spiro atoms. The molecule has 2 aromatic rings. The number of carbonyl (C=O) groups excluding carboxylic acids is 2. The van der Waals surface area contributed by atoms with Crippen LogP contribution in [-0.2, 0) is 9.59 Å². The van der Waals surface area contributed by atoms with Gasteiger partial charge in [-0.05, 0) is 43.7 Å². The Bertz CT molecular complexity index is 999. The van der Waals surface area contributed by atoms with Gasteiger partial charge < -0.3 is 10.2 Å². The van der Waals surface area contributed by atoms with Crippen molar-refractivity contribution < 1.29 is 22.8 Å². The molecule has 9 heteroatoms. The van der Waals surface area contributed by atoms with Crippen molar-refractivity contribution in [2.24, 2.45) is 0 Å². The average molecular weight is 461 g/mol. The highest BCUT2D eigenvalue weighted by molar-refractivity contribution is 6.05. The van der Waals surface area contributed by atoms with Crippen molar-refractivity contribution in [2.45, 2.75) is 37.5 Å². The fourth-order valence-corrected chi connectivity index (χ4v) is 4.66. The minimum absolute atomic E-state index is 0.0467. The first-order valence-corrected chi connectivity index (χ1v) is 11.0. The second-order valence-electron chi connectivity index (χ2n) is 8.57. The summed E-state index contributed by atoms with van der Waals surface area (Å²) < 4.78 is 41.9. The molecule has 33 heavy (non-hydrogen) atoms. The fraction of sp³-hybridized carbons (Fsp3) is 0.417. The third-order valence-electron chi connectivity index (χ3n) is 6.29. The second-order valence-corrected chi connectivity index (χ2v) is 8.57. The van der Waals surface area contributed by atoms with E-state index in [2.05, 4.69) is 10.2 Å². The maximum absolute atomic E-state index is 14.0. The summed E-state index contributed by atoms with van der Waals surface area (Å²) in [6.07, 6.45) is -3.82. The standard InChI is InChI=1S/C24H27F3N4O2/c1-29(17-8-3-2-4-9-17)15-18-10-7-13-30(18)16-23(33)31-20-12-6-5-11-19(20)28-22(32)14-21(31)24(25,26)27/h2-6,8-9,11-12,18,21H,7,10,13-16H2,1H3,(H,28,32)/t18-,21+/m0/s1. The quantitative estimate of drug-likeness (QED) is 0.736. The number of nitrogens with zero attached hydrogens (tertiary/aromatic N) is 3. The zero-order valence-corrected chi connectivity index (χ0v) is 18.4. The van der Waals surface area contributed by atoms with Crippen LogP contribution >= 0.6 is 0 Å². The molecule has 2 amide bonds. The highest BCUT2D eigenvalue weighted by Crippen LogP contribution is 2.38. The number of likely N-dealkylation sites (N-methyl/N-ethyl adjacent to an activating group) is 1. The van der Waals surface area contributed by atoms with Crippen molar-refractivity contribution in [3.05, 3.63) is 54.6 Å². The molecule has 2 aromatic carbocycles. The van der Waals surface area contributed by atoms with Crippen LogP contribution in [0.5, 0.6) is 0 Å². The zero-order valence-electron chi connectivity index (χ0n) is 18.4. The van der Waals surface area contributed by atoms with Gasteiger partial charge in [-0.3, -0.25) is 19.4 Å². The highest BCUT2D eigenvalue weighted by atomic mass is 19.4. The Morgan fingerprint density at radius 2 is 1.82 bits per heavy atom. The monoisotopic (exact) mass is 460 g/mol. The average Bonchev–Trinajstić information content (AvgIpc) is 3.13. The number of anilines is 3. The smallest absolute Gasteiger partial charge is 0.373 e. The first-order chi connectivity index (χ1) is 15.7. The zero-order chi connectivity index (χ0) is 23.6. The molecule has 2 aliphatic rings. The molecule has 1 N–H and O–H groups in total. The number of carbonyl (C=O) groups is 2. The third kappa shape index (κ3) is 5.13. The molecule has 0 saturated carbocycles. The van der Waals surface area contributed by atoms with Crippen LogP contribution in [0, 0.1) is 0 Å². The summed E-state index contributed by atoms with van der Waals surface area (Å²) >= 11 is 0. The van der Waals surface area contributed by atoms with Crippen molar-refractivity contribution in [1.82, 2.24) is 4.90 Å². The van der Waals surface area contributed by atoms with Gasteiger partial charge in [0.25, 0.3) is 0 Å². The number of amides is 2. The van der Waals surface area contributed by atoms with Gasteiger partial charge in [-0.1, -0.05) is 30.3 Å². The molecular formula is C24H27F3N4O2. The number of nitrogens with one attached hydrogen (secondary N) is 1. The number of benzene rings is 2. The van der Waals surface area contributed by atoms with E-state index < -0.39 is 30.5 Å². The summed E-state index contributed by atoms with van der Waals surface area (Å²) in [6, 6.07) is 13.8. The Hall–Kier alpha value is -3.07. The number of para-hydroxylation sites is 3. The summed E-state index contributed by atoms with van der Waals surface area (Å²) in [6.45, 7) is 1.17. The van der Waals surface area contributed by atoms with Gasteiger partial charge in [-0.15, -0.1) is 0 Å². The van der Waals surface area contributed by atoms with Crippen LogP contribution in [0.4, 0.5) is 30.2 Å². The first kappa shape index (κ1) is 23.1. The van der Waals surface area contributed by atoms with E-state index in [1.54, 1.807) is 12.1 Å². The van der Waals surface area contributed by atoms with E-state index in [0.717, 1.165) is 23.4 Å². The van der Waals surface area contributed by atoms with Gasteiger partial charge >= 0.3 is 6.18 Å². The molecule has 6 nitrogen and oxygen atoms in total. The van der Waals surface area contributed by atoms with Gasteiger partial charge in [0.15, 0.2) is 0 Å². The van der Waals surface area contributed by atoms with E-state index in [9.17, 15) is 22.8 Å². The Balaban J connectivity index is 1.55. The van der Waals surface area contributed by atoms with Crippen LogP contribution in [0.1, 0.15) is 19.3 Å². The molecule has 0 aliphatic carbocycles. The number of rotatable bonds is 5. The summed E-state index contributed by atoms with van der Waals surface area (Å²) in [7, 11) is 1.97. The molecule has 0 bridgehead atoms. The van der Waals surface area contributed by atoms with Crippen molar-refractivity contribution in [3.8, 4) is 0 Å². The van der Waals surface area contributed by atoms with Gasteiger partial charge in [-0.25, -0.2) is 0 Å². The maximum atomic E-state index is 14.0. The van der Waals surface area contributed by atoms with E-state index in [1.807, 2.05) is 42.3 Å². The first-order valence-electron chi connectivity index (χ1n) is 11.0. The Kier molecular flexibility index (Phi) is 6.60. The minimum Gasteiger partial charge on any atom is -0.373 e. The summed E-state index contributed by atoms with van der Waals surface area (Å²) in [5.74, 6) is -1.42. The van der Waals surface area contributed by atoms with Gasteiger partial charge in [-0.2, -0.15) is 13.2 Å². The predicted octanol–water partition coefficient (Wildman–Crippen LogP) is 3.89. The molecule has 1 fully saturated rings. The number of hydrogen-bond donors (Lipinski definition) is 1.